The van der Waals surface area contributed by atoms with Crippen LogP contribution < -0.4 is 0 Å². The molecule has 0 saturated heterocycles. The summed E-state index contributed by atoms with van der Waals surface area (Å²) in [6, 6.07) is 0. The summed E-state index contributed by atoms with van der Waals surface area (Å²) in [4.78, 5) is 0. The van der Waals surface area contributed by atoms with Gasteiger partial charge in [0.15, 0.2) is 0 Å². The molecule has 0 aromatic rings. The molecule has 0 aliphatic heterocycles. The first kappa shape index (κ1) is 12.7. The second kappa shape index (κ2) is 9.79. The average Bonchev–Trinajstić information content (AvgIpc) is 2.09. The summed E-state index contributed by atoms with van der Waals surface area (Å²) < 4.78 is 0. The van der Waals surface area contributed by atoms with Gasteiger partial charge in [-0.05, 0) is 32.6 Å². The molecule has 0 aromatic carbocycles. The van der Waals surface area contributed by atoms with Crippen molar-refractivity contribution in [2.75, 3.05) is 0 Å². The highest BCUT2D eigenvalue weighted by Gasteiger charge is 1.93. The van der Waals surface area contributed by atoms with Crippen molar-refractivity contribution in [2.24, 2.45) is 0 Å². The Morgan fingerprint density at radius 2 is 1.77 bits per heavy atom. The maximum atomic E-state index is 9.01. The molecule has 1 N–H and O–H groups in total. The van der Waals surface area contributed by atoms with E-state index in [2.05, 4.69) is 19.1 Å². The number of hydrogen-bond donors (Lipinski definition) is 1. The van der Waals surface area contributed by atoms with Crippen LogP contribution in [0.25, 0.3) is 0 Å². The van der Waals surface area contributed by atoms with Gasteiger partial charge in [0.05, 0.1) is 6.10 Å². The van der Waals surface area contributed by atoms with Gasteiger partial charge in [0.2, 0.25) is 0 Å². The van der Waals surface area contributed by atoms with E-state index >= 15 is 0 Å². The van der Waals surface area contributed by atoms with Crippen molar-refractivity contribution in [3.05, 3.63) is 12.2 Å². The molecule has 0 rings (SSSR count). The topological polar surface area (TPSA) is 20.2 Å². The highest BCUT2D eigenvalue weighted by atomic mass is 16.3. The van der Waals surface area contributed by atoms with Gasteiger partial charge in [-0.2, -0.15) is 0 Å². The smallest absolute Gasteiger partial charge is 0.0512 e. The Morgan fingerprint density at radius 1 is 1.08 bits per heavy atom. The van der Waals surface area contributed by atoms with Crippen LogP contribution in [0.2, 0.25) is 0 Å². The van der Waals surface area contributed by atoms with E-state index in [9.17, 15) is 0 Å². The third-order valence-electron chi connectivity index (χ3n) is 2.11. The van der Waals surface area contributed by atoms with Gasteiger partial charge in [-0.15, -0.1) is 0 Å². The normalized spacial score (nSPS) is 13.8. The van der Waals surface area contributed by atoms with Crippen molar-refractivity contribution in [3.8, 4) is 0 Å². The van der Waals surface area contributed by atoms with Crippen LogP contribution in [0.3, 0.4) is 0 Å². The van der Waals surface area contributed by atoms with Gasteiger partial charge in [-0.1, -0.05) is 38.3 Å². The van der Waals surface area contributed by atoms with Crippen molar-refractivity contribution >= 4 is 0 Å². The molecule has 13 heavy (non-hydrogen) atoms. The van der Waals surface area contributed by atoms with Gasteiger partial charge in [0.1, 0.15) is 0 Å². The fourth-order valence-electron chi connectivity index (χ4n) is 1.28. The van der Waals surface area contributed by atoms with E-state index in [0.29, 0.717) is 0 Å². The summed E-state index contributed by atoms with van der Waals surface area (Å²) in [6.07, 6.45) is 12.8. The quantitative estimate of drug-likeness (QED) is 0.451. The van der Waals surface area contributed by atoms with Crippen LogP contribution >= 0.6 is 0 Å². The van der Waals surface area contributed by atoms with Crippen LogP contribution in [0, 0.1) is 0 Å². The molecule has 0 aromatic heterocycles. The first-order valence-corrected chi connectivity index (χ1v) is 5.60. The monoisotopic (exact) mass is 184 g/mol. The van der Waals surface area contributed by atoms with Gasteiger partial charge in [0, 0.05) is 0 Å². The van der Waals surface area contributed by atoms with E-state index in [0.717, 1.165) is 6.42 Å². The lowest BCUT2D eigenvalue weighted by Gasteiger charge is -2.01. The van der Waals surface area contributed by atoms with Crippen LogP contribution in [-0.2, 0) is 0 Å². The molecule has 1 nitrogen and oxygen atoms in total. The summed E-state index contributed by atoms with van der Waals surface area (Å²) in [6.45, 7) is 4.06. The molecular formula is C12H24O. The Morgan fingerprint density at radius 3 is 2.38 bits per heavy atom. The average molecular weight is 184 g/mol. The molecular weight excluding hydrogens is 160 g/mol. The fraction of sp³-hybridized carbons (Fsp3) is 0.833. The summed E-state index contributed by atoms with van der Waals surface area (Å²) in [7, 11) is 0. The standard InChI is InChI=1S/C12H24O/c1-3-4-5-6-7-8-9-10-11-12(2)13/h5-6,12-13H,3-4,7-11H2,1-2H3. The minimum atomic E-state index is -0.115. The van der Waals surface area contributed by atoms with Gasteiger partial charge in [-0.3, -0.25) is 0 Å². The number of allylic oxidation sites excluding steroid dienone is 2. The largest absolute Gasteiger partial charge is 0.393 e. The Balaban J connectivity index is 2.99. The van der Waals surface area contributed by atoms with E-state index < -0.39 is 0 Å². The predicted molar refractivity (Wildman–Crippen MR) is 58.8 cm³/mol. The van der Waals surface area contributed by atoms with Crippen LogP contribution in [-0.4, -0.2) is 11.2 Å². The molecule has 0 bridgehead atoms. The second-order valence-corrected chi connectivity index (χ2v) is 3.75. The minimum absolute atomic E-state index is 0.115. The predicted octanol–water partition coefficient (Wildman–Crippen LogP) is 3.67. The maximum absolute atomic E-state index is 9.01. The molecule has 1 atom stereocenters. The highest BCUT2D eigenvalue weighted by Crippen LogP contribution is 2.06. The second-order valence-electron chi connectivity index (χ2n) is 3.75. The van der Waals surface area contributed by atoms with Crippen molar-refractivity contribution in [1.82, 2.24) is 0 Å². The highest BCUT2D eigenvalue weighted by molar-refractivity contribution is 4.80. The van der Waals surface area contributed by atoms with Crippen LogP contribution in [0.15, 0.2) is 12.2 Å². The third kappa shape index (κ3) is 11.7. The Labute approximate surface area is 82.9 Å². The SMILES string of the molecule is CCCC=CCCCCCC(C)O. The van der Waals surface area contributed by atoms with Crippen LogP contribution in [0.5, 0.6) is 0 Å². The minimum Gasteiger partial charge on any atom is -0.393 e. The molecule has 0 aliphatic rings. The lowest BCUT2D eigenvalue weighted by molar-refractivity contribution is 0.180. The molecule has 0 amide bonds. The molecule has 1 unspecified atom stereocenters. The van der Waals surface area contributed by atoms with E-state index in [4.69, 9.17) is 5.11 Å². The van der Waals surface area contributed by atoms with Crippen molar-refractivity contribution in [2.45, 2.75) is 64.9 Å². The van der Waals surface area contributed by atoms with Crippen LogP contribution in [0.1, 0.15) is 58.8 Å². The third-order valence-corrected chi connectivity index (χ3v) is 2.11. The Kier molecular flexibility index (Phi) is 9.56. The number of hydrogen-bond acceptors (Lipinski definition) is 1. The van der Waals surface area contributed by atoms with Gasteiger partial charge < -0.3 is 5.11 Å². The zero-order valence-corrected chi connectivity index (χ0v) is 9.13. The summed E-state index contributed by atoms with van der Waals surface area (Å²) in [5.74, 6) is 0. The van der Waals surface area contributed by atoms with E-state index in [-0.39, 0.29) is 6.10 Å². The Bertz CT molecular complexity index is 116. The summed E-state index contributed by atoms with van der Waals surface area (Å²) >= 11 is 0. The molecule has 1 heteroatoms. The van der Waals surface area contributed by atoms with Crippen molar-refractivity contribution < 1.29 is 5.11 Å². The molecule has 0 heterocycles. The van der Waals surface area contributed by atoms with Gasteiger partial charge in [0.25, 0.3) is 0 Å². The zero-order valence-electron chi connectivity index (χ0n) is 9.13. The molecule has 0 aliphatic carbocycles. The molecule has 78 valence electrons. The summed E-state index contributed by atoms with van der Waals surface area (Å²) in [5, 5.41) is 9.01. The van der Waals surface area contributed by atoms with E-state index in [1.54, 1.807) is 0 Å². The van der Waals surface area contributed by atoms with Crippen molar-refractivity contribution in [3.63, 3.8) is 0 Å². The number of rotatable bonds is 8. The number of aliphatic hydroxyl groups excluding tert-OH is 1. The number of aliphatic hydroxyl groups is 1. The lowest BCUT2D eigenvalue weighted by Crippen LogP contribution is -1.97. The molecule has 0 saturated carbocycles. The lowest BCUT2D eigenvalue weighted by atomic mass is 10.1. The van der Waals surface area contributed by atoms with Crippen LogP contribution in [0.4, 0.5) is 0 Å². The van der Waals surface area contributed by atoms with Gasteiger partial charge >= 0.3 is 0 Å². The zero-order chi connectivity index (χ0) is 9.94. The summed E-state index contributed by atoms with van der Waals surface area (Å²) in [5.41, 5.74) is 0. The first-order chi connectivity index (χ1) is 6.27. The number of unbranched alkanes of at least 4 members (excludes halogenated alkanes) is 4. The van der Waals surface area contributed by atoms with E-state index in [1.165, 1.54) is 38.5 Å². The Hall–Kier alpha value is -0.300. The molecule has 0 fully saturated rings. The first-order valence-electron chi connectivity index (χ1n) is 5.60. The van der Waals surface area contributed by atoms with Gasteiger partial charge in [-0.25, -0.2) is 0 Å². The molecule has 0 spiro atoms. The van der Waals surface area contributed by atoms with Crippen molar-refractivity contribution in [1.29, 1.82) is 0 Å². The van der Waals surface area contributed by atoms with E-state index in [1.807, 2.05) is 6.92 Å². The molecule has 0 radical (unpaired) electrons. The fourth-order valence-corrected chi connectivity index (χ4v) is 1.28. The maximum Gasteiger partial charge on any atom is 0.0512 e.